The Kier molecular flexibility index (Phi) is 4.94. The highest BCUT2D eigenvalue weighted by atomic mass is 16.5. The van der Waals surface area contributed by atoms with Crippen LogP contribution in [0.5, 0.6) is 5.75 Å². The van der Waals surface area contributed by atoms with Crippen LogP contribution in [0.15, 0.2) is 64.9 Å². The van der Waals surface area contributed by atoms with E-state index in [1.165, 1.54) is 5.01 Å². The Morgan fingerprint density at radius 3 is 2.48 bits per heavy atom. The minimum Gasteiger partial charge on any atom is -0.494 e. The van der Waals surface area contributed by atoms with Crippen LogP contribution in [0.25, 0.3) is 0 Å². The second kappa shape index (κ2) is 7.70. The number of rotatable bonds is 6. The first-order valence-corrected chi connectivity index (χ1v) is 9.21. The molecular formula is C20H19N5O4. The Morgan fingerprint density at radius 2 is 1.79 bits per heavy atom. The average molecular weight is 393 g/mol. The molecule has 2 aliphatic heterocycles. The predicted octanol–water partition coefficient (Wildman–Crippen LogP) is 2.02. The van der Waals surface area contributed by atoms with Crippen LogP contribution < -0.4 is 15.0 Å². The van der Waals surface area contributed by atoms with Crippen molar-refractivity contribution in [3.05, 3.63) is 54.6 Å². The molecule has 9 heteroatoms. The van der Waals surface area contributed by atoms with Gasteiger partial charge in [-0.2, -0.15) is 5.11 Å². The van der Waals surface area contributed by atoms with E-state index < -0.39 is 23.9 Å². The van der Waals surface area contributed by atoms with Crippen LogP contribution in [0.4, 0.5) is 11.4 Å². The fraction of sp³-hybridized carbons (Fsp3) is 0.250. The third-order valence-electron chi connectivity index (χ3n) is 4.63. The van der Waals surface area contributed by atoms with Crippen molar-refractivity contribution in [1.29, 1.82) is 0 Å². The number of hydrogen-bond donors (Lipinski definition) is 1. The summed E-state index contributed by atoms with van der Waals surface area (Å²) in [6.45, 7) is 2.21. The molecule has 2 atom stereocenters. The Balaban J connectivity index is 1.47. The molecular weight excluding hydrogens is 374 g/mol. The van der Waals surface area contributed by atoms with E-state index >= 15 is 0 Å². The van der Waals surface area contributed by atoms with Gasteiger partial charge in [0.2, 0.25) is 5.91 Å². The monoisotopic (exact) mass is 393 g/mol. The van der Waals surface area contributed by atoms with Gasteiger partial charge in [-0.15, -0.1) is 0 Å². The summed E-state index contributed by atoms with van der Waals surface area (Å²) in [4.78, 5) is 39.1. The molecule has 3 amide bonds. The van der Waals surface area contributed by atoms with Crippen LogP contribution in [-0.4, -0.2) is 48.0 Å². The fourth-order valence-electron chi connectivity index (χ4n) is 3.34. The normalized spacial score (nSPS) is 20.2. The number of nitrogens with zero attached hydrogens (tertiary/aromatic N) is 4. The molecule has 2 aromatic rings. The van der Waals surface area contributed by atoms with Crippen LogP contribution in [0.3, 0.4) is 0 Å². The molecule has 0 spiro atoms. The number of carbonyl (C=O) groups excluding carboxylic acids is 3. The zero-order valence-corrected chi connectivity index (χ0v) is 15.7. The maximum Gasteiger partial charge on any atom is 0.263 e. The van der Waals surface area contributed by atoms with E-state index in [1.807, 2.05) is 13.0 Å². The zero-order valence-electron chi connectivity index (χ0n) is 15.7. The van der Waals surface area contributed by atoms with Crippen molar-refractivity contribution in [2.75, 3.05) is 23.4 Å². The lowest BCUT2D eigenvalue weighted by molar-refractivity contribution is -0.123. The van der Waals surface area contributed by atoms with Crippen molar-refractivity contribution >= 4 is 29.1 Å². The molecule has 1 fully saturated rings. The zero-order chi connectivity index (χ0) is 20.4. The van der Waals surface area contributed by atoms with Crippen molar-refractivity contribution in [3.8, 4) is 5.75 Å². The topological polar surface area (TPSA) is 104 Å². The molecule has 0 aromatic heterocycles. The van der Waals surface area contributed by atoms with Gasteiger partial charge >= 0.3 is 0 Å². The summed E-state index contributed by atoms with van der Waals surface area (Å²) in [6, 6.07) is 13.8. The average Bonchev–Trinajstić information content (AvgIpc) is 3.23. The fourth-order valence-corrected chi connectivity index (χ4v) is 3.34. The first kappa shape index (κ1) is 18.6. The number of fused-ring (bicyclic) bond motifs is 1. The molecule has 0 aliphatic carbocycles. The predicted molar refractivity (Wildman–Crippen MR) is 104 cm³/mol. The van der Waals surface area contributed by atoms with E-state index in [9.17, 15) is 14.4 Å². The van der Waals surface area contributed by atoms with E-state index in [0.717, 1.165) is 4.90 Å². The molecule has 2 aliphatic rings. The first-order chi connectivity index (χ1) is 14.1. The number of carbonyl (C=O) groups is 3. The lowest BCUT2D eigenvalue weighted by atomic mass is 10.1. The van der Waals surface area contributed by atoms with Crippen molar-refractivity contribution in [1.82, 2.24) is 5.01 Å². The molecule has 2 aromatic carbocycles. The van der Waals surface area contributed by atoms with Gasteiger partial charge in [0.25, 0.3) is 11.8 Å². The second-order valence-electron chi connectivity index (χ2n) is 6.55. The standard InChI is InChI=1S/C20H19N5O4/c1-2-29-15-10-8-14(9-11-15)25-19(27)17-18(20(25)28)24(23-22-17)12-16(26)21-13-6-4-3-5-7-13/h3-11,17-18H,2,12H2,1H3,(H,21,26). The molecule has 29 heavy (non-hydrogen) atoms. The third kappa shape index (κ3) is 3.54. The first-order valence-electron chi connectivity index (χ1n) is 9.21. The largest absolute Gasteiger partial charge is 0.494 e. The number of nitrogens with one attached hydrogen (secondary N) is 1. The van der Waals surface area contributed by atoms with E-state index in [0.29, 0.717) is 23.7 Å². The summed E-state index contributed by atoms with van der Waals surface area (Å²) < 4.78 is 5.39. The van der Waals surface area contributed by atoms with Gasteiger partial charge in [-0.1, -0.05) is 23.4 Å². The smallest absolute Gasteiger partial charge is 0.263 e. The van der Waals surface area contributed by atoms with E-state index in [1.54, 1.807) is 48.5 Å². The summed E-state index contributed by atoms with van der Waals surface area (Å²) in [7, 11) is 0. The van der Waals surface area contributed by atoms with Crippen molar-refractivity contribution in [2.45, 2.75) is 19.0 Å². The van der Waals surface area contributed by atoms with Crippen molar-refractivity contribution in [3.63, 3.8) is 0 Å². The quantitative estimate of drug-likeness (QED) is 0.756. The maximum absolute atomic E-state index is 12.9. The number of benzene rings is 2. The number of para-hydroxylation sites is 1. The lowest BCUT2D eigenvalue weighted by Gasteiger charge is -2.20. The molecule has 148 valence electrons. The van der Waals surface area contributed by atoms with Gasteiger partial charge < -0.3 is 10.1 Å². The molecule has 2 unspecified atom stereocenters. The van der Waals surface area contributed by atoms with E-state index in [4.69, 9.17) is 4.74 Å². The maximum atomic E-state index is 12.9. The Bertz CT molecular complexity index is 961. The van der Waals surface area contributed by atoms with Gasteiger partial charge in [0.05, 0.1) is 12.3 Å². The highest BCUT2D eigenvalue weighted by Gasteiger charge is 2.55. The molecule has 9 nitrogen and oxygen atoms in total. The molecule has 0 saturated carbocycles. The summed E-state index contributed by atoms with van der Waals surface area (Å²) >= 11 is 0. The summed E-state index contributed by atoms with van der Waals surface area (Å²) in [5.74, 6) is -0.620. The number of amides is 3. The van der Waals surface area contributed by atoms with Crippen molar-refractivity contribution < 1.29 is 19.1 Å². The van der Waals surface area contributed by atoms with Crippen LogP contribution in [0, 0.1) is 0 Å². The van der Waals surface area contributed by atoms with Gasteiger partial charge in [-0.3, -0.25) is 19.4 Å². The van der Waals surface area contributed by atoms with Gasteiger partial charge in [-0.05, 0) is 43.3 Å². The second-order valence-corrected chi connectivity index (χ2v) is 6.55. The van der Waals surface area contributed by atoms with Crippen LogP contribution in [-0.2, 0) is 14.4 Å². The summed E-state index contributed by atoms with van der Waals surface area (Å²) in [6.07, 6.45) is 0. The Labute approximate surface area is 166 Å². The van der Waals surface area contributed by atoms with E-state index in [-0.39, 0.29) is 12.5 Å². The highest BCUT2D eigenvalue weighted by Crippen LogP contribution is 2.32. The number of ether oxygens (including phenoxy) is 1. The summed E-state index contributed by atoms with van der Waals surface area (Å²) in [5, 5.41) is 11.8. The van der Waals surface area contributed by atoms with Crippen LogP contribution in [0.1, 0.15) is 6.92 Å². The van der Waals surface area contributed by atoms with Gasteiger partial charge in [-0.25, -0.2) is 4.90 Å². The SMILES string of the molecule is CCOc1ccc(N2C(=O)C3N=NN(CC(=O)Nc4ccccc4)C3C2=O)cc1. The number of imide groups is 1. The number of anilines is 2. The molecule has 0 bridgehead atoms. The van der Waals surface area contributed by atoms with Crippen LogP contribution >= 0.6 is 0 Å². The van der Waals surface area contributed by atoms with Crippen molar-refractivity contribution in [2.24, 2.45) is 10.3 Å². The minimum absolute atomic E-state index is 0.185. The number of hydrogen-bond acceptors (Lipinski definition) is 7. The Morgan fingerprint density at radius 1 is 1.07 bits per heavy atom. The Hall–Kier alpha value is -3.75. The molecule has 4 rings (SSSR count). The molecule has 0 radical (unpaired) electrons. The minimum atomic E-state index is -0.946. The third-order valence-corrected chi connectivity index (χ3v) is 4.63. The molecule has 2 heterocycles. The molecule has 1 saturated heterocycles. The van der Waals surface area contributed by atoms with Gasteiger partial charge in [0, 0.05) is 5.69 Å². The van der Waals surface area contributed by atoms with Crippen LogP contribution in [0.2, 0.25) is 0 Å². The van der Waals surface area contributed by atoms with Gasteiger partial charge in [0.1, 0.15) is 12.3 Å². The van der Waals surface area contributed by atoms with E-state index in [2.05, 4.69) is 15.7 Å². The van der Waals surface area contributed by atoms with Gasteiger partial charge in [0.15, 0.2) is 12.1 Å². The molecule has 1 N–H and O–H groups in total. The summed E-state index contributed by atoms with van der Waals surface area (Å²) in [5.41, 5.74) is 1.07. The highest BCUT2D eigenvalue weighted by molar-refractivity contribution is 6.25. The lowest BCUT2D eigenvalue weighted by Crippen LogP contribution is -2.43.